The van der Waals surface area contributed by atoms with Crippen LogP contribution >= 0.6 is 0 Å². The third kappa shape index (κ3) is 4.93. The Kier molecular flexibility index (Phi) is 6.24. The summed E-state index contributed by atoms with van der Waals surface area (Å²) in [7, 11) is 0. The number of hydrogen-bond acceptors (Lipinski definition) is 2. The number of carbonyl (C=O) groups excluding carboxylic acids is 1. The Bertz CT molecular complexity index is 687. The lowest BCUT2D eigenvalue weighted by atomic mass is 10.0. The number of nitrogens with one attached hydrogen (secondary N) is 1. The maximum Gasteiger partial charge on any atom is 0.251 e. The van der Waals surface area contributed by atoms with Crippen LogP contribution in [0.3, 0.4) is 0 Å². The van der Waals surface area contributed by atoms with Crippen molar-refractivity contribution < 1.29 is 4.79 Å². The first-order valence-electron chi connectivity index (χ1n) is 9.42. The summed E-state index contributed by atoms with van der Waals surface area (Å²) in [6, 6.07) is 16.3. The molecule has 2 aromatic carbocycles. The second-order valence-corrected chi connectivity index (χ2v) is 6.84. The number of aryl methyl sites for hydroxylation is 1. The van der Waals surface area contributed by atoms with Crippen molar-refractivity contribution in [3.8, 4) is 0 Å². The van der Waals surface area contributed by atoms with Crippen molar-refractivity contribution in [2.24, 2.45) is 0 Å². The largest absolute Gasteiger partial charge is 0.348 e. The van der Waals surface area contributed by atoms with Gasteiger partial charge in [-0.05, 0) is 61.2 Å². The van der Waals surface area contributed by atoms with Crippen molar-refractivity contribution >= 4 is 5.91 Å². The molecule has 1 fully saturated rings. The van der Waals surface area contributed by atoms with Crippen LogP contribution in [0.1, 0.15) is 53.2 Å². The second kappa shape index (κ2) is 8.82. The van der Waals surface area contributed by atoms with E-state index in [1.807, 2.05) is 24.3 Å². The number of piperidine rings is 1. The molecular formula is C22H28N2O. The van der Waals surface area contributed by atoms with Crippen LogP contribution in [0.2, 0.25) is 0 Å². The van der Waals surface area contributed by atoms with Gasteiger partial charge >= 0.3 is 0 Å². The molecule has 0 aromatic heterocycles. The van der Waals surface area contributed by atoms with Crippen molar-refractivity contribution in [1.29, 1.82) is 0 Å². The van der Waals surface area contributed by atoms with Gasteiger partial charge in [0, 0.05) is 18.7 Å². The Morgan fingerprint density at radius 1 is 0.960 bits per heavy atom. The molecule has 1 saturated heterocycles. The highest BCUT2D eigenvalue weighted by molar-refractivity contribution is 5.94. The molecule has 0 spiro atoms. The smallest absolute Gasteiger partial charge is 0.251 e. The van der Waals surface area contributed by atoms with Crippen molar-refractivity contribution in [3.05, 3.63) is 70.8 Å². The molecule has 1 aliphatic rings. The third-order valence-electron chi connectivity index (χ3n) is 5.02. The molecule has 1 aliphatic heterocycles. The van der Waals surface area contributed by atoms with E-state index < -0.39 is 0 Å². The molecule has 132 valence electrons. The van der Waals surface area contributed by atoms with Crippen LogP contribution in [0.25, 0.3) is 0 Å². The van der Waals surface area contributed by atoms with Gasteiger partial charge in [0.05, 0.1) is 0 Å². The van der Waals surface area contributed by atoms with E-state index in [4.69, 9.17) is 0 Å². The molecule has 0 atom stereocenters. The highest BCUT2D eigenvalue weighted by Gasteiger charge is 2.13. The second-order valence-electron chi connectivity index (χ2n) is 6.84. The summed E-state index contributed by atoms with van der Waals surface area (Å²) in [5.74, 6) is -0.00423. The monoisotopic (exact) mass is 336 g/mol. The van der Waals surface area contributed by atoms with E-state index in [-0.39, 0.29) is 5.91 Å². The van der Waals surface area contributed by atoms with Gasteiger partial charge in [-0.3, -0.25) is 9.69 Å². The van der Waals surface area contributed by atoms with Crippen LogP contribution < -0.4 is 5.32 Å². The molecule has 25 heavy (non-hydrogen) atoms. The minimum absolute atomic E-state index is 0.00423. The Morgan fingerprint density at radius 2 is 1.64 bits per heavy atom. The van der Waals surface area contributed by atoms with Crippen LogP contribution in [-0.2, 0) is 19.5 Å². The summed E-state index contributed by atoms with van der Waals surface area (Å²) in [6.07, 6.45) is 4.94. The van der Waals surface area contributed by atoms with Gasteiger partial charge in [0.15, 0.2) is 0 Å². The summed E-state index contributed by atoms with van der Waals surface area (Å²) in [5, 5.41) is 3.07. The van der Waals surface area contributed by atoms with E-state index in [1.54, 1.807) is 0 Å². The van der Waals surface area contributed by atoms with Gasteiger partial charge in [-0.15, -0.1) is 0 Å². The van der Waals surface area contributed by atoms with Crippen molar-refractivity contribution in [1.82, 2.24) is 10.2 Å². The van der Waals surface area contributed by atoms with Crippen LogP contribution in [0.4, 0.5) is 0 Å². The van der Waals surface area contributed by atoms with Gasteiger partial charge in [-0.2, -0.15) is 0 Å². The Hall–Kier alpha value is -2.13. The molecule has 2 aromatic rings. The number of benzene rings is 2. The predicted molar refractivity (Wildman–Crippen MR) is 103 cm³/mol. The number of nitrogens with zero attached hydrogens (tertiary/aromatic N) is 1. The average Bonchev–Trinajstić information content (AvgIpc) is 2.68. The predicted octanol–water partition coefficient (Wildman–Crippen LogP) is 4.16. The van der Waals surface area contributed by atoms with E-state index in [9.17, 15) is 4.79 Å². The zero-order valence-electron chi connectivity index (χ0n) is 15.1. The first-order valence-corrected chi connectivity index (χ1v) is 9.42. The van der Waals surface area contributed by atoms with Gasteiger partial charge in [0.1, 0.15) is 0 Å². The van der Waals surface area contributed by atoms with Crippen molar-refractivity contribution in [2.75, 3.05) is 13.1 Å². The molecule has 0 bridgehead atoms. The average molecular weight is 336 g/mol. The Morgan fingerprint density at radius 3 is 2.32 bits per heavy atom. The minimum Gasteiger partial charge on any atom is -0.348 e. The Balaban J connectivity index is 1.61. The van der Waals surface area contributed by atoms with E-state index >= 15 is 0 Å². The minimum atomic E-state index is -0.00423. The topological polar surface area (TPSA) is 32.3 Å². The zero-order valence-corrected chi connectivity index (χ0v) is 15.1. The number of rotatable bonds is 6. The molecule has 3 rings (SSSR count). The molecule has 3 heteroatoms. The number of carbonyl (C=O) groups is 1. The fourth-order valence-electron chi connectivity index (χ4n) is 3.41. The van der Waals surface area contributed by atoms with Gasteiger partial charge in [-0.1, -0.05) is 49.7 Å². The van der Waals surface area contributed by atoms with Crippen LogP contribution in [0.15, 0.2) is 48.5 Å². The number of hydrogen-bond donors (Lipinski definition) is 1. The van der Waals surface area contributed by atoms with E-state index in [0.717, 1.165) is 18.5 Å². The fourth-order valence-corrected chi connectivity index (χ4v) is 3.41. The quantitative estimate of drug-likeness (QED) is 0.859. The van der Waals surface area contributed by atoms with E-state index in [2.05, 4.69) is 41.4 Å². The van der Waals surface area contributed by atoms with E-state index in [1.165, 1.54) is 49.0 Å². The summed E-state index contributed by atoms with van der Waals surface area (Å²) in [6.45, 7) is 6.05. The third-order valence-corrected chi connectivity index (χ3v) is 5.02. The summed E-state index contributed by atoms with van der Waals surface area (Å²) in [5.41, 5.74) is 4.52. The first-order chi connectivity index (χ1) is 12.3. The summed E-state index contributed by atoms with van der Waals surface area (Å²) in [4.78, 5) is 14.9. The first kappa shape index (κ1) is 17.7. The van der Waals surface area contributed by atoms with Crippen molar-refractivity contribution in [2.45, 2.75) is 45.7 Å². The SMILES string of the molecule is CCc1ccc(C(=O)NCc2ccccc2CN2CCCCC2)cc1. The standard InChI is InChI=1S/C22H28N2O/c1-2-18-10-12-19(13-11-18)22(25)23-16-20-8-4-5-9-21(20)17-24-14-6-3-7-15-24/h4-5,8-13H,2-3,6-7,14-17H2,1H3,(H,23,25). The van der Waals surface area contributed by atoms with Crippen LogP contribution in [0, 0.1) is 0 Å². The lowest BCUT2D eigenvalue weighted by Crippen LogP contribution is -2.30. The zero-order chi connectivity index (χ0) is 17.5. The molecule has 0 unspecified atom stereocenters. The molecule has 0 saturated carbocycles. The Labute approximate surface area is 151 Å². The maximum atomic E-state index is 12.4. The molecule has 1 amide bonds. The maximum absolute atomic E-state index is 12.4. The van der Waals surface area contributed by atoms with Gasteiger partial charge in [-0.25, -0.2) is 0 Å². The van der Waals surface area contributed by atoms with E-state index in [0.29, 0.717) is 6.54 Å². The summed E-state index contributed by atoms with van der Waals surface area (Å²) < 4.78 is 0. The number of likely N-dealkylation sites (tertiary alicyclic amines) is 1. The lowest BCUT2D eigenvalue weighted by Gasteiger charge is -2.27. The van der Waals surface area contributed by atoms with Gasteiger partial charge in [0.2, 0.25) is 0 Å². The fraction of sp³-hybridized carbons (Fsp3) is 0.409. The normalized spacial score (nSPS) is 15.1. The molecule has 1 N–H and O–H groups in total. The highest BCUT2D eigenvalue weighted by Crippen LogP contribution is 2.16. The molecule has 1 heterocycles. The number of amides is 1. The molecule has 0 radical (unpaired) electrons. The lowest BCUT2D eigenvalue weighted by molar-refractivity contribution is 0.0950. The molecular weight excluding hydrogens is 308 g/mol. The van der Waals surface area contributed by atoms with Crippen LogP contribution in [-0.4, -0.2) is 23.9 Å². The summed E-state index contributed by atoms with van der Waals surface area (Å²) >= 11 is 0. The molecule has 3 nitrogen and oxygen atoms in total. The highest BCUT2D eigenvalue weighted by atomic mass is 16.1. The van der Waals surface area contributed by atoms with Crippen LogP contribution in [0.5, 0.6) is 0 Å². The molecule has 0 aliphatic carbocycles. The van der Waals surface area contributed by atoms with Gasteiger partial charge < -0.3 is 5.32 Å². The van der Waals surface area contributed by atoms with Crippen molar-refractivity contribution in [3.63, 3.8) is 0 Å². The van der Waals surface area contributed by atoms with Gasteiger partial charge in [0.25, 0.3) is 5.91 Å².